The van der Waals surface area contributed by atoms with Crippen molar-refractivity contribution in [3.05, 3.63) is 83.7 Å². The van der Waals surface area contributed by atoms with Gasteiger partial charge in [-0.1, -0.05) is 24.3 Å². The maximum atomic E-state index is 13.6. The molecule has 0 fully saturated rings. The number of nitrogens with zero attached hydrogens (tertiary/aromatic N) is 1. The molecule has 28 heavy (non-hydrogen) atoms. The first-order valence-corrected chi connectivity index (χ1v) is 8.14. The van der Waals surface area contributed by atoms with Crippen molar-refractivity contribution in [1.29, 1.82) is 5.26 Å². The van der Waals surface area contributed by atoms with Gasteiger partial charge in [0.25, 0.3) is 5.91 Å². The van der Waals surface area contributed by atoms with Crippen LogP contribution in [0.2, 0.25) is 0 Å². The van der Waals surface area contributed by atoms with E-state index in [9.17, 15) is 18.0 Å². The fraction of sp³-hybridized carbons (Fsp3) is 0.0476. The summed E-state index contributed by atoms with van der Waals surface area (Å²) in [6.07, 6.45) is 0. The molecule has 0 aliphatic rings. The normalized spacial score (nSPS) is 10.2. The number of benzene rings is 3. The van der Waals surface area contributed by atoms with E-state index in [2.05, 4.69) is 5.32 Å². The smallest absolute Gasteiger partial charge is 0.262 e. The maximum absolute atomic E-state index is 13.6. The molecule has 0 saturated carbocycles. The van der Waals surface area contributed by atoms with Gasteiger partial charge in [0.1, 0.15) is 5.75 Å². The summed E-state index contributed by atoms with van der Waals surface area (Å²) in [5.74, 6) is -4.79. The van der Waals surface area contributed by atoms with Gasteiger partial charge in [0, 0.05) is 0 Å². The zero-order valence-electron chi connectivity index (χ0n) is 14.4. The van der Waals surface area contributed by atoms with Gasteiger partial charge in [0.15, 0.2) is 24.1 Å². The Morgan fingerprint density at radius 3 is 2.11 bits per heavy atom. The van der Waals surface area contributed by atoms with Gasteiger partial charge >= 0.3 is 0 Å². The number of nitriles is 1. The quantitative estimate of drug-likeness (QED) is 0.653. The van der Waals surface area contributed by atoms with Gasteiger partial charge in [-0.25, -0.2) is 13.2 Å². The highest BCUT2D eigenvalue weighted by atomic mass is 19.2. The number of halogens is 3. The molecule has 140 valence electrons. The number of hydrogen-bond acceptors (Lipinski definition) is 3. The van der Waals surface area contributed by atoms with Crippen molar-refractivity contribution < 1.29 is 22.7 Å². The van der Waals surface area contributed by atoms with Gasteiger partial charge in [-0.3, -0.25) is 4.79 Å². The molecule has 1 amide bonds. The predicted molar refractivity (Wildman–Crippen MR) is 97.0 cm³/mol. The van der Waals surface area contributed by atoms with Crippen LogP contribution in [-0.4, -0.2) is 12.5 Å². The standard InChI is InChI=1S/C21H13F3N2O2/c22-17-9-10-18(21(24)20(17)23)26-19(27)12-28-16-7-5-15(6-8-16)14-3-1-13(11-25)2-4-14/h1-10H,12H2,(H,26,27). The lowest BCUT2D eigenvalue weighted by atomic mass is 10.0. The second kappa shape index (κ2) is 8.27. The Bertz CT molecular complexity index is 1040. The zero-order chi connectivity index (χ0) is 20.1. The number of rotatable bonds is 5. The van der Waals surface area contributed by atoms with E-state index in [0.717, 1.165) is 23.3 Å². The first kappa shape index (κ1) is 19.0. The Hall–Kier alpha value is -3.79. The first-order chi connectivity index (χ1) is 13.5. The predicted octanol–water partition coefficient (Wildman–Crippen LogP) is 4.66. The van der Waals surface area contributed by atoms with E-state index in [-0.39, 0.29) is 0 Å². The number of amides is 1. The molecule has 0 bridgehead atoms. The van der Waals surface area contributed by atoms with E-state index >= 15 is 0 Å². The lowest BCUT2D eigenvalue weighted by Crippen LogP contribution is -2.21. The summed E-state index contributed by atoms with van der Waals surface area (Å²) in [6, 6.07) is 17.6. The van der Waals surface area contributed by atoms with Gasteiger partial charge in [0.2, 0.25) is 0 Å². The van der Waals surface area contributed by atoms with Crippen molar-refractivity contribution in [2.75, 3.05) is 11.9 Å². The SMILES string of the molecule is N#Cc1ccc(-c2ccc(OCC(=O)Nc3ccc(F)c(F)c3F)cc2)cc1. The summed E-state index contributed by atoms with van der Waals surface area (Å²) >= 11 is 0. The monoisotopic (exact) mass is 382 g/mol. The Labute approximate surface area is 158 Å². The molecule has 0 aliphatic carbocycles. The largest absolute Gasteiger partial charge is 0.484 e. The second-order valence-electron chi connectivity index (χ2n) is 5.77. The van der Waals surface area contributed by atoms with Crippen LogP contribution in [0.1, 0.15) is 5.56 Å². The molecule has 3 aromatic rings. The lowest BCUT2D eigenvalue weighted by molar-refractivity contribution is -0.118. The second-order valence-corrected chi connectivity index (χ2v) is 5.77. The van der Waals surface area contributed by atoms with Crippen LogP contribution in [-0.2, 0) is 4.79 Å². The highest BCUT2D eigenvalue weighted by molar-refractivity contribution is 5.92. The topological polar surface area (TPSA) is 62.1 Å². The third-order valence-corrected chi connectivity index (χ3v) is 3.88. The van der Waals surface area contributed by atoms with E-state index in [1.807, 2.05) is 18.2 Å². The summed E-state index contributed by atoms with van der Waals surface area (Å²) in [5.41, 5.74) is 1.90. The Balaban J connectivity index is 1.59. The van der Waals surface area contributed by atoms with Crippen molar-refractivity contribution >= 4 is 11.6 Å². The van der Waals surface area contributed by atoms with Crippen LogP contribution >= 0.6 is 0 Å². The molecule has 0 radical (unpaired) electrons. The van der Waals surface area contributed by atoms with Gasteiger partial charge in [0.05, 0.1) is 17.3 Å². The van der Waals surface area contributed by atoms with E-state index in [1.54, 1.807) is 36.4 Å². The molecule has 0 spiro atoms. The highest BCUT2D eigenvalue weighted by Gasteiger charge is 2.15. The van der Waals surface area contributed by atoms with Crippen LogP contribution in [0.25, 0.3) is 11.1 Å². The summed E-state index contributed by atoms with van der Waals surface area (Å²) in [5, 5.41) is 10.9. The van der Waals surface area contributed by atoms with Gasteiger partial charge < -0.3 is 10.1 Å². The molecule has 3 rings (SSSR count). The Kier molecular flexibility index (Phi) is 5.61. The van der Waals surface area contributed by atoms with E-state index in [0.29, 0.717) is 11.3 Å². The summed E-state index contributed by atoms with van der Waals surface area (Å²) < 4.78 is 44.9. The average Bonchev–Trinajstić information content (AvgIpc) is 2.73. The zero-order valence-corrected chi connectivity index (χ0v) is 14.4. The van der Waals surface area contributed by atoms with Gasteiger partial charge in [-0.15, -0.1) is 0 Å². The molecule has 1 N–H and O–H groups in total. The van der Waals surface area contributed by atoms with Crippen LogP contribution in [0, 0.1) is 28.8 Å². The van der Waals surface area contributed by atoms with Crippen LogP contribution < -0.4 is 10.1 Å². The van der Waals surface area contributed by atoms with E-state index < -0.39 is 35.7 Å². The molecule has 0 unspecified atom stereocenters. The minimum atomic E-state index is -1.66. The fourth-order valence-electron chi connectivity index (χ4n) is 2.44. The van der Waals surface area contributed by atoms with Crippen LogP contribution in [0.5, 0.6) is 5.75 Å². The molecule has 0 saturated heterocycles. The Morgan fingerprint density at radius 2 is 1.50 bits per heavy atom. The van der Waals surface area contributed by atoms with Crippen molar-refractivity contribution in [3.63, 3.8) is 0 Å². The number of carbonyl (C=O) groups is 1. The molecular weight excluding hydrogens is 369 g/mol. The minimum absolute atomic E-state index is 0.401. The number of carbonyl (C=O) groups excluding carboxylic acids is 1. The molecule has 0 aliphatic heterocycles. The summed E-state index contributed by atoms with van der Waals surface area (Å²) in [7, 11) is 0. The Morgan fingerprint density at radius 1 is 0.893 bits per heavy atom. The van der Waals surface area contributed by atoms with Crippen LogP contribution in [0.4, 0.5) is 18.9 Å². The molecule has 7 heteroatoms. The highest BCUT2D eigenvalue weighted by Crippen LogP contribution is 2.23. The first-order valence-electron chi connectivity index (χ1n) is 8.14. The molecule has 0 atom stereocenters. The number of anilines is 1. The van der Waals surface area contributed by atoms with Crippen molar-refractivity contribution in [2.24, 2.45) is 0 Å². The van der Waals surface area contributed by atoms with E-state index in [4.69, 9.17) is 10.00 Å². The number of nitrogens with one attached hydrogen (secondary N) is 1. The van der Waals surface area contributed by atoms with Crippen LogP contribution in [0.15, 0.2) is 60.7 Å². The van der Waals surface area contributed by atoms with Gasteiger partial charge in [-0.05, 0) is 47.5 Å². The van der Waals surface area contributed by atoms with Crippen molar-refractivity contribution in [2.45, 2.75) is 0 Å². The van der Waals surface area contributed by atoms with Gasteiger partial charge in [-0.2, -0.15) is 5.26 Å². The molecular formula is C21H13F3N2O2. The minimum Gasteiger partial charge on any atom is -0.484 e. The molecule has 0 heterocycles. The average molecular weight is 382 g/mol. The molecule has 4 nitrogen and oxygen atoms in total. The van der Waals surface area contributed by atoms with Crippen molar-refractivity contribution in [1.82, 2.24) is 0 Å². The van der Waals surface area contributed by atoms with Crippen LogP contribution in [0.3, 0.4) is 0 Å². The fourth-order valence-corrected chi connectivity index (χ4v) is 2.44. The summed E-state index contributed by atoms with van der Waals surface area (Å²) in [4.78, 5) is 11.8. The number of ether oxygens (including phenoxy) is 1. The third kappa shape index (κ3) is 4.30. The molecule has 0 aromatic heterocycles. The maximum Gasteiger partial charge on any atom is 0.262 e. The van der Waals surface area contributed by atoms with Crippen molar-refractivity contribution in [3.8, 4) is 22.9 Å². The third-order valence-electron chi connectivity index (χ3n) is 3.88. The lowest BCUT2D eigenvalue weighted by Gasteiger charge is -2.09. The number of hydrogen-bond donors (Lipinski definition) is 1. The van der Waals surface area contributed by atoms with E-state index in [1.165, 1.54) is 0 Å². The summed E-state index contributed by atoms with van der Waals surface area (Å²) in [6.45, 7) is -0.436. The molecule has 3 aromatic carbocycles.